The number of ether oxygens (including phenoxy) is 1. The summed E-state index contributed by atoms with van der Waals surface area (Å²) in [6.45, 7) is 1.25. The van der Waals surface area contributed by atoms with Gasteiger partial charge in [-0.3, -0.25) is 0 Å². The lowest BCUT2D eigenvalue weighted by Gasteiger charge is -2.16. The normalized spacial score (nSPS) is 18.1. The Bertz CT molecular complexity index is 646. The molecule has 0 aliphatic carbocycles. The number of para-hydroxylation sites is 1. The van der Waals surface area contributed by atoms with Crippen LogP contribution in [0.4, 0.5) is 13.2 Å². The molecule has 1 aliphatic rings. The zero-order valence-electron chi connectivity index (χ0n) is 12.6. The lowest BCUT2D eigenvalue weighted by Crippen LogP contribution is -2.14. The SMILES string of the molecule is FC(F)(F)c1ccc(COc2ccccc2[C@@H]2CCCN2)cc1. The van der Waals surface area contributed by atoms with Crippen LogP contribution in [0, 0.1) is 0 Å². The van der Waals surface area contributed by atoms with E-state index in [9.17, 15) is 13.2 Å². The molecule has 23 heavy (non-hydrogen) atoms. The van der Waals surface area contributed by atoms with Crippen molar-refractivity contribution in [3.63, 3.8) is 0 Å². The molecule has 1 saturated heterocycles. The largest absolute Gasteiger partial charge is 0.489 e. The molecule has 1 fully saturated rings. The van der Waals surface area contributed by atoms with Crippen LogP contribution < -0.4 is 10.1 Å². The van der Waals surface area contributed by atoms with Crippen molar-refractivity contribution in [3.05, 3.63) is 65.2 Å². The third kappa shape index (κ3) is 3.85. The number of rotatable bonds is 4. The summed E-state index contributed by atoms with van der Waals surface area (Å²) in [5, 5.41) is 3.43. The van der Waals surface area contributed by atoms with E-state index in [4.69, 9.17) is 4.74 Å². The monoisotopic (exact) mass is 321 g/mol. The van der Waals surface area contributed by atoms with E-state index in [1.807, 2.05) is 24.3 Å². The first-order valence-electron chi connectivity index (χ1n) is 7.65. The van der Waals surface area contributed by atoms with Crippen LogP contribution in [0.5, 0.6) is 5.75 Å². The van der Waals surface area contributed by atoms with Gasteiger partial charge in [-0.05, 0) is 43.1 Å². The van der Waals surface area contributed by atoms with Crippen LogP contribution in [0.2, 0.25) is 0 Å². The van der Waals surface area contributed by atoms with Gasteiger partial charge < -0.3 is 10.1 Å². The number of nitrogens with one attached hydrogen (secondary N) is 1. The minimum absolute atomic E-state index is 0.252. The van der Waals surface area contributed by atoms with Gasteiger partial charge in [-0.2, -0.15) is 13.2 Å². The van der Waals surface area contributed by atoms with E-state index in [0.29, 0.717) is 11.6 Å². The molecule has 1 aliphatic heterocycles. The Hall–Kier alpha value is -2.01. The van der Waals surface area contributed by atoms with E-state index >= 15 is 0 Å². The highest BCUT2D eigenvalue weighted by Crippen LogP contribution is 2.32. The minimum atomic E-state index is -4.31. The van der Waals surface area contributed by atoms with Gasteiger partial charge in [-0.1, -0.05) is 30.3 Å². The van der Waals surface area contributed by atoms with Gasteiger partial charge >= 0.3 is 6.18 Å². The van der Waals surface area contributed by atoms with Crippen LogP contribution >= 0.6 is 0 Å². The molecule has 1 atom stereocenters. The van der Waals surface area contributed by atoms with Crippen LogP contribution in [0.1, 0.15) is 35.6 Å². The Balaban J connectivity index is 1.69. The van der Waals surface area contributed by atoms with Crippen LogP contribution in [-0.2, 0) is 12.8 Å². The summed E-state index contributed by atoms with van der Waals surface area (Å²) in [5.74, 6) is 0.784. The number of hydrogen-bond acceptors (Lipinski definition) is 2. The van der Waals surface area contributed by atoms with Crippen molar-refractivity contribution in [1.29, 1.82) is 0 Å². The molecule has 3 rings (SSSR count). The molecule has 2 nitrogen and oxygen atoms in total. The molecular weight excluding hydrogens is 303 g/mol. The molecule has 0 aromatic heterocycles. The molecule has 122 valence electrons. The maximum Gasteiger partial charge on any atom is 0.416 e. The van der Waals surface area contributed by atoms with Crippen LogP contribution in [0.3, 0.4) is 0 Å². The highest BCUT2D eigenvalue weighted by Gasteiger charge is 2.29. The molecule has 5 heteroatoms. The Kier molecular flexibility index (Phi) is 4.57. The average molecular weight is 321 g/mol. The molecule has 0 unspecified atom stereocenters. The van der Waals surface area contributed by atoms with Crippen molar-refractivity contribution in [1.82, 2.24) is 5.32 Å². The fourth-order valence-electron chi connectivity index (χ4n) is 2.80. The van der Waals surface area contributed by atoms with Crippen molar-refractivity contribution in [2.75, 3.05) is 6.54 Å². The first kappa shape index (κ1) is 15.9. The van der Waals surface area contributed by atoms with Gasteiger partial charge in [-0.15, -0.1) is 0 Å². The molecule has 1 N–H and O–H groups in total. The fourth-order valence-corrected chi connectivity index (χ4v) is 2.80. The summed E-state index contributed by atoms with van der Waals surface area (Å²) in [4.78, 5) is 0. The molecule has 0 radical (unpaired) electrons. The summed E-state index contributed by atoms with van der Waals surface area (Å²) in [7, 11) is 0. The molecule has 2 aromatic rings. The summed E-state index contributed by atoms with van der Waals surface area (Å²) in [6.07, 6.45) is -2.10. The van der Waals surface area contributed by atoms with E-state index < -0.39 is 11.7 Å². The Morgan fingerprint density at radius 2 is 1.78 bits per heavy atom. The zero-order valence-corrected chi connectivity index (χ0v) is 12.6. The van der Waals surface area contributed by atoms with E-state index in [-0.39, 0.29) is 6.61 Å². The molecule has 0 saturated carbocycles. The quantitative estimate of drug-likeness (QED) is 0.880. The van der Waals surface area contributed by atoms with Crippen molar-refractivity contribution >= 4 is 0 Å². The fraction of sp³-hybridized carbons (Fsp3) is 0.333. The minimum Gasteiger partial charge on any atom is -0.489 e. The van der Waals surface area contributed by atoms with E-state index in [1.165, 1.54) is 12.1 Å². The van der Waals surface area contributed by atoms with Gasteiger partial charge in [0.25, 0.3) is 0 Å². The third-order valence-corrected chi connectivity index (χ3v) is 4.03. The molecule has 0 amide bonds. The standard InChI is InChI=1S/C18H18F3NO/c19-18(20,21)14-9-7-13(8-10-14)12-23-17-6-2-1-4-15(17)16-5-3-11-22-16/h1-2,4,6-10,16,22H,3,5,11-12H2/t16-/m0/s1. The molecule has 2 aromatic carbocycles. The van der Waals surface area contributed by atoms with Crippen molar-refractivity contribution in [2.24, 2.45) is 0 Å². The van der Waals surface area contributed by atoms with E-state index in [1.54, 1.807) is 0 Å². The van der Waals surface area contributed by atoms with Gasteiger partial charge in [0.1, 0.15) is 12.4 Å². The first-order valence-corrected chi connectivity index (χ1v) is 7.65. The Labute approximate surface area is 133 Å². The highest BCUT2D eigenvalue weighted by atomic mass is 19.4. The lowest BCUT2D eigenvalue weighted by molar-refractivity contribution is -0.137. The second kappa shape index (κ2) is 6.62. The number of hydrogen-bond donors (Lipinski definition) is 1. The Morgan fingerprint density at radius 1 is 1.04 bits per heavy atom. The van der Waals surface area contributed by atoms with Crippen molar-refractivity contribution < 1.29 is 17.9 Å². The summed E-state index contributed by atoms with van der Waals surface area (Å²) >= 11 is 0. The molecule has 1 heterocycles. The summed E-state index contributed by atoms with van der Waals surface area (Å²) in [5.41, 5.74) is 1.18. The van der Waals surface area contributed by atoms with Crippen LogP contribution in [0.15, 0.2) is 48.5 Å². The van der Waals surface area contributed by atoms with Gasteiger partial charge in [0.15, 0.2) is 0 Å². The maximum atomic E-state index is 12.6. The van der Waals surface area contributed by atoms with Crippen LogP contribution in [-0.4, -0.2) is 6.54 Å². The van der Waals surface area contributed by atoms with Gasteiger partial charge in [-0.25, -0.2) is 0 Å². The average Bonchev–Trinajstić information content (AvgIpc) is 3.07. The van der Waals surface area contributed by atoms with E-state index in [0.717, 1.165) is 42.8 Å². The molecular formula is C18H18F3NO. The van der Waals surface area contributed by atoms with Gasteiger partial charge in [0.2, 0.25) is 0 Å². The van der Waals surface area contributed by atoms with Crippen molar-refractivity contribution in [3.8, 4) is 5.75 Å². The lowest BCUT2D eigenvalue weighted by atomic mass is 10.0. The smallest absolute Gasteiger partial charge is 0.416 e. The second-order valence-corrected chi connectivity index (χ2v) is 5.67. The molecule has 0 bridgehead atoms. The second-order valence-electron chi connectivity index (χ2n) is 5.67. The topological polar surface area (TPSA) is 21.3 Å². The predicted octanol–water partition coefficient (Wildman–Crippen LogP) is 4.71. The number of alkyl halides is 3. The maximum absolute atomic E-state index is 12.6. The van der Waals surface area contributed by atoms with Crippen LogP contribution in [0.25, 0.3) is 0 Å². The number of benzene rings is 2. The van der Waals surface area contributed by atoms with E-state index in [2.05, 4.69) is 5.32 Å². The summed E-state index contributed by atoms with van der Waals surface area (Å²) in [6, 6.07) is 13.2. The molecule has 0 spiro atoms. The van der Waals surface area contributed by atoms with Crippen molar-refractivity contribution in [2.45, 2.75) is 31.7 Å². The highest BCUT2D eigenvalue weighted by molar-refractivity contribution is 5.36. The van der Waals surface area contributed by atoms with Gasteiger partial charge in [0, 0.05) is 11.6 Å². The Morgan fingerprint density at radius 3 is 2.43 bits per heavy atom. The summed E-state index contributed by atoms with van der Waals surface area (Å²) < 4.78 is 43.5. The zero-order chi connectivity index (χ0) is 16.3. The van der Waals surface area contributed by atoms with Gasteiger partial charge in [0.05, 0.1) is 5.56 Å². The predicted molar refractivity (Wildman–Crippen MR) is 82.2 cm³/mol. The number of halogens is 3. The first-order chi connectivity index (χ1) is 11.0. The third-order valence-electron chi connectivity index (χ3n) is 4.03.